The van der Waals surface area contributed by atoms with Crippen molar-refractivity contribution in [3.63, 3.8) is 0 Å². The lowest BCUT2D eigenvalue weighted by Crippen LogP contribution is -2.39. The maximum atomic E-state index is 12.2. The maximum absolute atomic E-state index is 12.2. The predicted octanol–water partition coefficient (Wildman–Crippen LogP) is 1.61. The van der Waals surface area contributed by atoms with E-state index in [9.17, 15) is 8.42 Å². The Labute approximate surface area is 108 Å². The molecule has 1 aromatic carbocycles. The number of hydrogen-bond acceptors (Lipinski definition) is 4. The molecular formula is C13H19NO3S. The molecule has 0 aliphatic carbocycles. The number of rotatable bonds is 4. The smallest absolute Gasteiger partial charge is 0.179 e. The third-order valence-corrected chi connectivity index (χ3v) is 5.08. The molecule has 1 aliphatic rings. The van der Waals surface area contributed by atoms with Crippen molar-refractivity contribution in [2.24, 2.45) is 0 Å². The van der Waals surface area contributed by atoms with Gasteiger partial charge in [-0.15, -0.1) is 0 Å². The molecule has 0 saturated carbocycles. The third kappa shape index (κ3) is 3.23. The van der Waals surface area contributed by atoms with Crippen LogP contribution in [0.15, 0.2) is 29.2 Å². The Hall–Kier alpha value is -1.07. The first-order chi connectivity index (χ1) is 8.62. The fourth-order valence-corrected chi connectivity index (χ4v) is 3.77. The quantitative estimate of drug-likeness (QED) is 0.902. The number of piperidine rings is 1. The van der Waals surface area contributed by atoms with Gasteiger partial charge in [-0.1, -0.05) is 6.42 Å². The lowest BCUT2D eigenvalue weighted by atomic mass is 10.1. The van der Waals surface area contributed by atoms with Gasteiger partial charge in [0, 0.05) is 6.04 Å². The van der Waals surface area contributed by atoms with Gasteiger partial charge in [0.25, 0.3) is 0 Å². The fourth-order valence-electron chi connectivity index (χ4n) is 2.21. The first-order valence-corrected chi connectivity index (χ1v) is 7.87. The lowest BCUT2D eigenvalue weighted by molar-refractivity contribution is 0.414. The Morgan fingerprint density at radius 2 is 2.00 bits per heavy atom. The van der Waals surface area contributed by atoms with Crippen LogP contribution in [0.2, 0.25) is 0 Å². The molecule has 1 aliphatic heterocycles. The van der Waals surface area contributed by atoms with Crippen molar-refractivity contribution in [1.29, 1.82) is 0 Å². The van der Waals surface area contributed by atoms with Crippen LogP contribution in [0.1, 0.15) is 19.3 Å². The van der Waals surface area contributed by atoms with Crippen LogP contribution in [0.5, 0.6) is 5.75 Å². The number of benzene rings is 1. The summed E-state index contributed by atoms with van der Waals surface area (Å²) in [5.41, 5.74) is 0. The Kier molecular flexibility index (Phi) is 4.24. The van der Waals surface area contributed by atoms with E-state index >= 15 is 0 Å². The molecule has 1 fully saturated rings. The Morgan fingerprint density at radius 3 is 2.56 bits per heavy atom. The van der Waals surface area contributed by atoms with Crippen LogP contribution in [0.3, 0.4) is 0 Å². The SMILES string of the molecule is COc1ccc(S(=O)(=O)CC2CCCCN2)cc1. The van der Waals surface area contributed by atoms with Gasteiger partial charge in [-0.05, 0) is 43.7 Å². The highest BCUT2D eigenvalue weighted by Gasteiger charge is 2.22. The molecule has 0 amide bonds. The second-order valence-electron chi connectivity index (χ2n) is 4.60. The molecule has 4 nitrogen and oxygen atoms in total. The molecule has 1 atom stereocenters. The van der Waals surface area contributed by atoms with Crippen LogP contribution in [-0.4, -0.2) is 33.9 Å². The van der Waals surface area contributed by atoms with Gasteiger partial charge in [-0.3, -0.25) is 0 Å². The van der Waals surface area contributed by atoms with Crippen molar-refractivity contribution < 1.29 is 13.2 Å². The second kappa shape index (κ2) is 5.71. The highest BCUT2D eigenvalue weighted by atomic mass is 32.2. The van der Waals surface area contributed by atoms with E-state index in [0.717, 1.165) is 25.8 Å². The molecule has 1 saturated heterocycles. The van der Waals surface area contributed by atoms with E-state index in [-0.39, 0.29) is 11.8 Å². The van der Waals surface area contributed by atoms with E-state index in [1.54, 1.807) is 31.4 Å². The van der Waals surface area contributed by atoms with Crippen molar-refractivity contribution in [2.45, 2.75) is 30.2 Å². The Morgan fingerprint density at radius 1 is 1.28 bits per heavy atom. The summed E-state index contributed by atoms with van der Waals surface area (Å²) in [7, 11) is -1.64. The molecule has 1 aromatic rings. The first-order valence-electron chi connectivity index (χ1n) is 6.22. The number of sulfone groups is 1. The summed E-state index contributed by atoms with van der Waals surface area (Å²) in [6.07, 6.45) is 3.18. The van der Waals surface area contributed by atoms with Gasteiger partial charge < -0.3 is 10.1 Å². The minimum atomic E-state index is -3.20. The summed E-state index contributed by atoms with van der Waals surface area (Å²) in [4.78, 5) is 0.371. The molecule has 1 unspecified atom stereocenters. The van der Waals surface area contributed by atoms with Crippen LogP contribution in [0.25, 0.3) is 0 Å². The molecule has 18 heavy (non-hydrogen) atoms. The molecule has 1 N–H and O–H groups in total. The molecular weight excluding hydrogens is 250 g/mol. The van der Waals surface area contributed by atoms with Crippen LogP contribution in [0, 0.1) is 0 Å². The summed E-state index contributed by atoms with van der Waals surface area (Å²) >= 11 is 0. The van der Waals surface area contributed by atoms with Gasteiger partial charge in [-0.25, -0.2) is 8.42 Å². The lowest BCUT2D eigenvalue weighted by Gasteiger charge is -2.23. The maximum Gasteiger partial charge on any atom is 0.179 e. The number of nitrogens with one attached hydrogen (secondary N) is 1. The molecule has 0 radical (unpaired) electrons. The van der Waals surface area contributed by atoms with Crippen molar-refractivity contribution >= 4 is 9.84 Å². The summed E-state index contributed by atoms with van der Waals surface area (Å²) in [6.45, 7) is 0.919. The Balaban J connectivity index is 2.08. The van der Waals surface area contributed by atoms with Gasteiger partial charge in [0.2, 0.25) is 0 Å². The zero-order chi connectivity index (χ0) is 13.0. The fraction of sp³-hybridized carbons (Fsp3) is 0.538. The van der Waals surface area contributed by atoms with Gasteiger partial charge in [0.1, 0.15) is 5.75 Å². The monoisotopic (exact) mass is 269 g/mol. The topological polar surface area (TPSA) is 55.4 Å². The summed E-state index contributed by atoms with van der Waals surface area (Å²) in [5.74, 6) is 0.851. The van der Waals surface area contributed by atoms with E-state index in [2.05, 4.69) is 5.32 Å². The van der Waals surface area contributed by atoms with E-state index < -0.39 is 9.84 Å². The largest absolute Gasteiger partial charge is 0.497 e. The standard InChI is InChI=1S/C13H19NO3S/c1-17-12-5-7-13(8-6-12)18(15,16)10-11-4-2-3-9-14-11/h5-8,11,14H,2-4,9-10H2,1H3. The van der Waals surface area contributed by atoms with Crippen LogP contribution in [-0.2, 0) is 9.84 Å². The average Bonchev–Trinajstić information content (AvgIpc) is 2.39. The average molecular weight is 269 g/mol. The molecule has 0 bridgehead atoms. The molecule has 100 valence electrons. The molecule has 1 heterocycles. The van der Waals surface area contributed by atoms with Gasteiger partial charge in [0.05, 0.1) is 17.8 Å². The van der Waals surface area contributed by atoms with Gasteiger partial charge in [0.15, 0.2) is 9.84 Å². The third-order valence-electron chi connectivity index (χ3n) is 3.25. The van der Waals surface area contributed by atoms with Crippen molar-refractivity contribution in [3.8, 4) is 5.75 Å². The number of hydrogen-bond donors (Lipinski definition) is 1. The molecule has 0 aromatic heterocycles. The van der Waals surface area contributed by atoms with Crippen LogP contribution < -0.4 is 10.1 Å². The van der Waals surface area contributed by atoms with Gasteiger partial charge >= 0.3 is 0 Å². The van der Waals surface area contributed by atoms with Crippen molar-refractivity contribution in [1.82, 2.24) is 5.32 Å². The highest BCUT2D eigenvalue weighted by Crippen LogP contribution is 2.19. The van der Waals surface area contributed by atoms with E-state index in [1.807, 2.05) is 0 Å². The number of ether oxygens (including phenoxy) is 1. The van der Waals surface area contributed by atoms with Crippen molar-refractivity contribution in [3.05, 3.63) is 24.3 Å². The highest BCUT2D eigenvalue weighted by molar-refractivity contribution is 7.91. The first kappa shape index (κ1) is 13.4. The molecule has 0 spiro atoms. The zero-order valence-corrected chi connectivity index (χ0v) is 11.4. The summed E-state index contributed by atoms with van der Waals surface area (Å²) in [6, 6.07) is 6.67. The minimum Gasteiger partial charge on any atom is -0.497 e. The number of methoxy groups -OCH3 is 1. The van der Waals surface area contributed by atoms with E-state index in [4.69, 9.17) is 4.74 Å². The van der Waals surface area contributed by atoms with E-state index in [1.165, 1.54) is 0 Å². The molecule has 2 rings (SSSR count). The molecule has 5 heteroatoms. The minimum absolute atomic E-state index is 0.0888. The van der Waals surface area contributed by atoms with Gasteiger partial charge in [-0.2, -0.15) is 0 Å². The van der Waals surface area contributed by atoms with Crippen molar-refractivity contribution in [2.75, 3.05) is 19.4 Å². The van der Waals surface area contributed by atoms with E-state index in [0.29, 0.717) is 10.6 Å². The summed E-state index contributed by atoms with van der Waals surface area (Å²) in [5, 5.41) is 3.26. The van der Waals surface area contributed by atoms with Crippen LogP contribution >= 0.6 is 0 Å². The zero-order valence-electron chi connectivity index (χ0n) is 10.6. The normalized spacial score (nSPS) is 20.6. The Bertz CT molecular complexity index is 475. The van der Waals surface area contributed by atoms with Crippen LogP contribution in [0.4, 0.5) is 0 Å². The predicted molar refractivity (Wildman–Crippen MR) is 70.7 cm³/mol. The second-order valence-corrected chi connectivity index (χ2v) is 6.64. The summed E-state index contributed by atoms with van der Waals surface area (Å²) < 4.78 is 29.5.